The van der Waals surface area contributed by atoms with E-state index in [4.69, 9.17) is 4.74 Å². The van der Waals surface area contributed by atoms with Gasteiger partial charge in [-0.15, -0.1) is 0 Å². The molecule has 0 saturated carbocycles. The third kappa shape index (κ3) is 3.03. The van der Waals surface area contributed by atoms with Gasteiger partial charge in [0.2, 0.25) is 0 Å². The number of nitrogens with one attached hydrogen (secondary N) is 1. The van der Waals surface area contributed by atoms with Gasteiger partial charge in [0, 0.05) is 31.1 Å². The third-order valence-corrected chi connectivity index (χ3v) is 6.47. The Labute approximate surface area is 156 Å². The number of H-pyrrole nitrogens is 1. The lowest BCUT2D eigenvalue weighted by Gasteiger charge is -2.29. The van der Waals surface area contributed by atoms with Crippen LogP contribution in [-0.4, -0.2) is 58.3 Å². The minimum atomic E-state index is -3.80. The van der Waals surface area contributed by atoms with Crippen molar-refractivity contribution in [3.8, 4) is 11.4 Å². The molecule has 2 aromatic heterocycles. The first kappa shape index (κ1) is 18.1. The summed E-state index contributed by atoms with van der Waals surface area (Å²) in [4.78, 5) is 6.99. The van der Waals surface area contributed by atoms with Gasteiger partial charge in [0.25, 0.3) is 10.0 Å². The van der Waals surface area contributed by atoms with Gasteiger partial charge in [0.05, 0.1) is 18.2 Å². The van der Waals surface area contributed by atoms with E-state index in [-0.39, 0.29) is 29.7 Å². The molecule has 0 radical (unpaired) electrons. The second-order valence-electron chi connectivity index (χ2n) is 6.76. The first-order valence-corrected chi connectivity index (χ1v) is 10.0. The zero-order chi connectivity index (χ0) is 19.3. The number of aryl methyl sites for hydroxylation is 2. The molecule has 0 spiro atoms. The fraction of sp³-hybridized carbons (Fsp3) is 0.412. The van der Waals surface area contributed by atoms with E-state index < -0.39 is 15.8 Å². The summed E-state index contributed by atoms with van der Waals surface area (Å²) in [7, 11) is -2.06. The van der Waals surface area contributed by atoms with Gasteiger partial charge in [-0.3, -0.25) is 4.68 Å². The first-order chi connectivity index (χ1) is 12.8. The topological polar surface area (TPSA) is 93.1 Å². The van der Waals surface area contributed by atoms with E-state index in [1.54, 1.807) is 25.0 Å². The highest BCUT2D eigenvalue weighted by Crippen LogP contribution is 2.34. The fourth-order valence-electron chi connectivity index (χ4n) is 3.40. The predicted molar refractivity (Wildman–Crippen MR) is 97.2 cm³/mol. The number of morpholine rings is 1. The van der Waals surface area contributed by atoms with Crippen LogP contribution in [0.5, 0.6) is 0 Å². The maximum atomic E-state index is 14.5. The zero-order valence-corrected chi connectivity index (χ0v) is 16.0. The SMILES string of the molecule is Cc1cc(F)c2[nH]c(S(=O)(=O)N3CCOC(C)C3)cc2c1-c1ncn(C)n1. The number of ether oxygens (including phenoxy) is 1. The molecule has 3 heterocycles. The number of halogens is 1. The number of rotatable bonds is 3. The molecule has 0 aliphatic carbocycles. The van der Waals surface area contributed by atoms with E-state index in [1.807, 2.05) is 6.92 Å². The van der Waals surface area contributed by atoms with Crippen LogP contribution in [0.25, 0.3) is 22.3 Å². The van der Waals surface area contributed by atoms with Crippen molar-refractivity contribution in [2.24, 2.45) is 7.05 Å². The molecule has 1 aliphatic heterocycles. The molecular formula is C17H20FN5O3S. The summed E-state index contributed by atoms with van der Waals surface area (Å²) in [6.45, 7) is 4.42. The van der Waals surface area contributed by atoms with Gasteiger partial charge < -0.3 is 9.72 Å². The minimum Gasteiger partial charge on any atom is -0.376 e. The molecule has 1 fully saturated rings. The summed E-state index contributed by atoms with van der Waals surface area (Å²) in [5, 5.41) is 4.68. The first-order valence-electron chi connectivity index (χ1n) is 8.57. The van der Waals surface area contributed by atoms with Crippen LogP contribution >= 0.6 is 0 Å². The van der Waals surface area contributed by atoms with Crippen LogP contribution in [0.2, 0.25) is 0 Å². The van der Waals surface area contributed by atoms with Gasteiger partial charge in [-0.2, -0.15) is 9.40 Å². The molecule has 1 aromatic carbocycles. The van der Waals surface area contributed by atoms with Crippen molar-refractivity contribution in [2.75, 3.05) is 19.7 Å². The molecule has 3 aromatic rings. The van der Waals surface area contributed by atoms with E-state index in [2.05, 4.69) is 15.1 Å². The summed E-state index contributed by atoms with van der Waals surface area (Å²) in [6, 6.07) is 2.82. The van der Waals surface area contributed by atoms with Crippen LogP contribution in [0.15, 0.2) is 23.5 Å². The Morgan fingerprint density at radius 1 is 1.37 bits per heavy atom. The highest BCUT2D eigenvalue weighted by Gasteiger charge is 2.31. The monoisotopic (exact) mass is 393 g/mol. The molecule has 27 heavy (non-hydrogen) atoms. The average molecular weight is 393 g/mol. The lowest BCUT2D eigenvalue weighted by molar-refractivity contribution is 0.0101. The maximum Gasteiger partial charge on any atom is 0.258 e. The Morgan fingerprint density at radius 3 is 2.81 bits per heavy atom. The molecule has 10 heteroatoms. The van der Waals surface area contributed by atoms with Crippen molar-refractivity contribution < 1.29 is 17.5 Å². The molecule has 1 unspecified atom stereocenters. The summed E-state index contributed by atoms with van der Waals surface area (Å²) in [5.74, 6) is -0.0954. The standard InChI is InChI=1S/C17H20FN5O3S/c1-10-6-13(18)16-12(15(10)17-19-9-22(3)21-17)7-14(20-16)27(24,25)23-4-5-26-11(2)8-23/h6-7,9,11,20H,4-5,8H2,1-3H3. The van der Waals surface area contributed by atoms with Crippen molar-refractivity contribution in [1.29, 1.82) is 0 Å². The number of hydrogen-bond donors (Lipinski definition) is 1. The minimum absolute atomic E-state index is 0.0479. The number of benzene rings is 1. The molecule has 1 saturated heterocycles. The van der Waals surface area contributed by atoms with Crippen LogP contribution < -0.4 is 0 Å². The second kappa shape index (κ2) is 6.39. The Kier molecular flexibility index (Phi) is 4.28. The molecule has 0 amide bonds. The van der Waals surface area contributed by atoms with Gasteiger partial charge in [-0.1, -0.05) is 0 Å². The van der Waals surface area contributed by atoms with Crippen LogP contribution in [0, 0.1) is 12.7 Å². The number of aromatic amines is 1. The van der Waals surface area contributed by atoms with E-state index in [9.17, 15) is 12.8 Å². The summed E-state index contributed by atoms with van der Waals surface area (Å²) < 4.78 is 48.9. The number of sulfonamides is 1. The second-order valence-corrected chi connectivity index (χ2v) is 8.67. The van der Waals surface area contributed by atoms with Gasteiger partial charge in [0.15, 0.2) is 5.82 Å². The van der Waals surface area contributed by atoms with Crippen LogP contribution in [0.4, 0.5) is 4.39 Å². The number of fused-ring (bicyclic) bond motifs is 1. The highest BCUT2D eigenvalue weighted by atomic mass is 32.2. The average Bonchev–Trinajstić information content (AvgIpc) is 3.22. The smallest absolute Gasteiger partial charge is 0.258 e. The Morgan fingerprint density at radius 2 is 2.15 bits per heavy atom. The molecule has 0 bridgehead atoms. The van der Waals surface area contributed by atoms with Crippen LogP contribution in [-0.2, 0) is 21.8 Å². The Bertz CT molecular complexity index is 1120. The largest absolute Gasteiger partial charge is 0.376 e. The van der Waals surface area contributed by atoms with E-state index in [0.717, 1.165) is 0 Å². The highest BCUT2D eigenvalue weighted by molar-refractivity contribution is 7.89. The molecule has 144 valence electrons. The predicted octanol–water partition coefficient (Wildman–Crippen LogP) is 1.82. The number of nitrogens with zero attached hydrogens (tertiary/aromatic N) is 4. The summed E-state index contributed by atoms with van der Waals surface area (Å²) in [5.41, 5.74) is 1.37. The third-order valence-electron chi connectivity index (χ3n) is 4.68. The summed E-state index contributed by atoms with van der Waals surface area (Å²) in [6.07, 6.45) is 1.36. The van der Waals surface area contributed by atoms with E-state index >= 15 is 0 Å². The lowest BCUT2D eigenvalue weighted by Crippen LogP contribution is -2.44. The number of aromatic nitrogens is 4. The van der Waals surface area contributed by atoms with Crippen molar-refractivity contribution in [3.05, 3.63) is 29.8 Å². The Balaban J connectivity index is 1.88. The molecule has 1 aliphatic rings. The van der Waals surface area contributed by atoms with E-state index in [0.29, 0.717) is 28.9 Å². The van der Waals surface area contributed by atoms with Crippen molar-refractivity contribution in [1.82, 2.24) is 24.1 Å². The molecule has 8 nitrogen and oxygen atoms in total. The molecular weight excluding hydrogens is 373 g/mol. The van der Waals surface area contributed by atoms with Gasteiger partial charge in [-0.05, 0) is 31.5 Å². The van der Waals surface area contributed by atoms with Crippen molar-refractivity contribution in [2.45, 2.75) is 25.0 Å². The molecule has 4 rings (SSSR count). The number of hydrogen-bond acceptors (Lipinski definition) is 5. The van der Waals surface area contributed by atoms with Crippen molar-refractivity contribution in [3.63, 3.8) is 0 Å². The molecule has 1 atom stereocenters. The fourth-order valence-corrected chi connectivity index (χ4v) is 4.89. The van der Waals surface area contributed by atoms with Gasteiger partial charge >= 0.3 is 0 Å². The van der Waals surface area contributed by atoms with Crippen LogP contribution in [0.3, 0.4) is 0 Å². The normalized spacial score (nSPS) is 19.0. The molecule has 1 N–H and O–H groups in total. The van der Waals surface area contributed by atoms with Crippen LogP contribution in [0.1, 0.15) is 12.5 Å². The van der Waals surface area contributed by atoms with E-state index in [1.165, 1.54) is 16.4 Å². The lowest BCUT2D eigenvalue weighted by atomic mass is 10.0. The van der Waals surface area contributed by atoms with Crippen molar-refractivity contribution >= 4 is 20.9 Å². The Hall–Kier alpha value is -2.30. The maximum absolute atomic E-state index is 14.5. The van der Waals surface area contributed by atoms with Gasteiger partial charge in [-0.25, -0.2) is 17.8 Å². The summed E-state index contributed by atoms with van der Waals surface area (Å²) >= 11 is 0. The quantitative estimate of drug-likeness (QED) is 0.733. The zero-order valence-electron chi connectivity index (χ0n) is 15.2. The van der Waals surface area contributed by atoms with Gasteiger partial charge in [0.1, 0.15) is 17.2 Å².